The molecule has 23 heavy (non-hydrogen) atoms. The highest BCUT2D eigenvalue weighted by Gasteiger charge is 2.67. The molecule has 0 aromatic heterocycles. The van der Waals surface area contributed by atoms with Gasteiger partial charge in [-0.3, -0.25) is 20.2 Å². The molecule has 0 radical (unpaired) electrons. The van der Waals surface area contributed by atoms with Crippen molar-refractivity contribution in [2.75, 3.05) is 5.75 Å². The summed E-state index contributed by atoms with van der Waals surface area (Å²) >= 11 is 0. The number of benzene rings is 1. The Hall–Kier alpha value is -2.11. The first-order valence-electron chi connectivity index (χ1n) is 6.79. The van der Waals surface area contributed by atoms with Crippen molar-refractivity contribution in [3.8, 4) is 0 Å². The van der Waals surface area contributed by atoms with Gasteiger partial charge >= 0.3 is 0 Å². The highest BCUT2D eigenvalue weighted by molar-refractivity contribution is 7.92. The number of fused-ring (bicyclic) bond motifs is 1. The molecular weight excluding hydrogens is 328 g/mol. The van der Waals surface area contributed by atoms with E-state index in [9.17, 15) is 28.6 Å². The zero-order valence-corrected chi connectivity index (χ0v) is 12.8. The fourth-order valence-corrected chi connectivity index (χ4v) is 6.13. The van der Waals surface area contributed by atoms with Crippen molar-refractivity contribution >= 4 is 15.5 Å². The second kappa shape index (κ2) is 4.94. The second-order valence-corrected chi connectivity index (χ2v) is 8.10. The minimum absolute atomic E-state index is 0.111. The zero-order valence-electron chi connectivity index (χ0n) is 12.0. The van der Waals surface area contributed by atoms with Gasteiger partial charge in [-0.2, -0.15) is 0 Å². The number of sulfone groups is 1. The quantitative estimate of drug-likeness (QED) is 0.574. The van der Waals surface area contributed by atoms with Crippen molar-refractivity contribution in [3.63, 3.8) is 0 Å². The van der Waals surface area contributed by atoms with E-state index in [0.717, 1.165) is 0 Å². The molecule has 2 N–H and O–H groups in total. The van der Waals surface area contributed by atoms with E-state index in [4.69, 9.17) is 0 Å². The number of nitrogens with one attached hydrogen (secondary N) is 2. The van der Waals surface area contributed by atoms with Crippen LogP contribution in [0.5, 0.6) is 0 Å². The first-order chi connectivity index (χ1) is 10.7. The zero-order chi connectivity index (χ0) is 17.0. The summed E-state index contributed by atoms with van der Waals surface area (Å²) in [5.74, 6) is -0.528. The van der Waals surface area contributed by atoms with Crippen LogP contribution in [0.2, 0.25) is 0 Å². The standard InChI is InChI=1S/C12H14N4O6S/c1-12-9(16(19)20)6-23(21,22)11(12)10(13-14-12)7-2-4-8(5-3-7)15(17)18/h2-5,9-11,13-14H,6H2,1H3. The predicted octanol–water partition coefficient (Wildman–Crippen LogP) is -0.0553. The lowest BCUT2D eigenvalue weighted by Crippen LogP contribution is -2.55. The monoisotopic (exact) mass is 342 g/mol. The fraction of sp³-hybridized carbons (Fsp3) is 0.500. The van der Waals surface area contributed by atoms with Crippen LogP contribution >= 0.6 is 0 Å². The Bertz CT molecular complexity index is 779. The van der Waals surface area contributed by atoms with E-state index in [2.05, 4.69) is 10.9 Å². The number of hydrogen-bond donors (Lipinski definition) is 2. The molecule has 0 saturated carbocycles. The molecule has 11 heteroatoms. The van der Waals surface area contributed by atoms with Gasteiger partial charge < -0.3 is 0 Å². The maximum absolute atomic E-state index is 12.4. The third kappa shape index (κ3) is 2.28. The molecule has 124 valence electrons. The van der Waals surface area contributed by atoms with E-state index in [1.54, 1.807) is 0 Å². The van der Waals surface area contributed by atoms with Gasteiger partial charge in [0.15, 0.2) is 9.84 Å². The molecule has 1 aromatic carbocycles. The summed E-state index contributed by atoms with van der Waals surface area (Å²) in [6.07, 6.45) is 0. The summed E-state index contributed by atoms with van der Waals surface area (Å²) in [5.41, 5.74) is 4.73. The van der Waals surface area contributed by atoms with Crippen molar-refractivity contribution in [2.45, 2.75) is 29.8 Å². The maximum atomic E-state index is 12.4. The molecule has 2 heterocycles. The van der Waals surface area contributed by atoms with Gasteiger partial charge in [-0.05, 0) is 12.5 Å². The molecule has 3 rings (SSSR count). The molecule has 4 atom stereocenters. The third-order valence-electron chi connectivity index (χ3n) is 4.58. The normalized spacial score (nSPS) is 34.9. The predicted molar refractivity (Wildman–Crippen MR) is 78.9 cm³/mol. The summed E-state index contributed by atoms with van der Waals surface area (Å²) < 4.78 is 24.9. The minimum atomic E-state index is -3.70. The smallest absolute Gasteiger partial charge is 0.264 e. The van der Waals surface area contributed by atoms with Gasteiger partial charge in [-0.25, -0.2) is 19.3 Å². The number of non-ortho nitro benzene ring substituents is 1. The van der Waals surface area contributed by atoms with Crippen LogP contribution in [-0.4, -0.2) is 40.8 Å². The van der Waals surface area contributed by atoms with Crippen LogP contribution in [0.15, 0.2) is 24.3 Å². The Morgan fingerprint density at radius 1 is 1.22 bits per heavy atom. The van der Waals surface area contributed by atoms with Crippen molar-refractivity contribution < 1.29 is 18.3 Å². The molecule has 0 aliphatic carbocycles. The highest BCUT2D eigenvalue weighted by atomic mass is 32.2. The minimum Gasteiger partial charge on any atom is -0.264 e. The van der Waals surface area contributed by atoms with Crippen molar-refractivity contribution in [1.82, 2.24) is 10.9 Å². The average Bonchev–Trinajstić information content (AvgIpc) is 2.93. The van der Waals surface area contributed by atoms with Gasteiger partial charge in [0.05, 0.1) is 11.0 Å². The number of nitrogens with zero attached hydrogens (tertiary/aromatic N) is 2. The molecule has 2 aliphatic heterocycles. The Morgan fingerprint density at radius 3 is 2.35 bits per heavy atom. The van der Waals surface area contributed by atoms with Crippen LogP contribution in [0.1, 0.15) is 18.5 Å². The Morgan fingerprint density at radius 2 is 1.83 bits per heavy atom. The van der Waals surface area contributed by atoms with Gasteiger partial charge in [0, 0.05) is 17.1 Å². The van der Waals surface area contributed by atoms with Gasteiger partial charge in [0.2, 0.25) is 6.04 Å². The van der Waals surface area contributed by atoms with E-state index in [0.29, 0.717) is 5.56 Å². The van der Waals surface area contributed by atoms with Crippen LogP contribution in [0, 0.1) is 20.2 Å². The number of hydrogen-bond acceptors (Lipinski definition) is 8. The van der Waals surface area contributed by atoms with Crippen LogP contribution in [0.25, 0.3) is 0 Å². The summed E-state index contributed by atoms with van der Waals surface area (Å²) in [4.78, 5) is 20.8. The van der Waals surface area contributed by atoms with E-state index in [1.807, 2.05) is 0 Å². The molecule has 0 spiro atoms. The van der Waals surface area contributed by atoms with E-state index in [-0.39, 0.29) is 5.69 Å². The van der Waals surface area contributed by atoms with Crippen molar-refractivity contribution in [3.05, 3.63) is 50.1 Å². The molecule has 1 aromatic rings. The van der Waals surface area contributed by atoms with E-state index in [1.165, 1.54) is 31.2 Å². The molecule has 2 aliphatic rings. The first kappa shape index (κ1) is 15.8. The average molecular weight is 342 g/mol. The largest absolute Gasteiger partial charge is 0.269 e. The fourth-order valence-electron chi connectivity index (χ4n) is 3.42. The van der Waals surface area contributed by atoms with Crippen LogP contribution < -0.4 is 10.9 Å². The molecule has 2 fully saturated rings. The molecule has 4 unspecified atom stereocenters. The molecule has 10 nitrogen and oxygen atoms in total. The lowest BCUT2D eigenvalue weighted by atomic mass is 9.87. The Labute approximate surface area is 131 Å². The SMILES string of the molecule is CC12NNC(c3ccc([N+](=O)[O-])cc3)C1S(=O)(=O)CC2[N+](=O)[O-]. The third-order valence-corrected chi connectivity index (χ3v) is 6.89. The highest BCUT2D eigenvalue weighted by Crippen LogP contribution is 2.43. The topological polar surface area (TPSA) is 144 Å². The van der Waals surface area contributed by atoms with Crippen LogP contribution in [0.4, 0.5) is 5.69 Å². The van der Waals surface area contributed by atoms with Crippen LogP contribution in [-0.2, 0) is 9.84 Å². The van der Waals surface area contributed by atoms with Gasteiger partial charge in [-0.1, -0.05) is 12.1 Å². The lowest BCUT2D eigenvalue weighted by molar-refractivity contribution is -0.526. The first-order valence-corrected chi connectivity index (χ1v) is 8.50. The summed E-state index contributed by atoms with van der Waals surface area (Å²) in [5, 5.41) is 20.9. The number of nitro benzene ring substituents is 1. The molecular formula is C12H14N4O6S. The molecule has 0 bridgehead atoms. The van der Waals surface area contributed by atoms with E-state index >= 15 is 0 Å². The van der Waals surface area contributed by atoms with Gasteiger partial charge in [-0.15, -0.1) is 0 Å². The number of rotatable bonds is 3. The Kier molecular flexibility index (Phi) is 3.39. The van der Waals surface area contributed by atoms with Gasteiger partial charge in [0.25, 0.3) is 5.69 Å². The molecule has 2 saturated heterocycles. The van der Waals surface area contributed by atoms with Crippen molar-refractivity contribution in [2.24, 2.45) is 0 Å². The van der Waals surface area contributed by atoms with Gasteiger partial charge in [0.1, 0.15) is 16.5 Å². The number of hydrazine groups is 1. The summed E-state index contributed by atoms with van der Waals surface area (Å²) in [6, 6.07) is 3.50. The Balaban J connectivity index is 2.00. The van der Waals surface area contributed by atoms with Crippen LogP contribution in [0.3, 0.4) is 0 Å². The number of nitro groups is 2. The summed E-state index contributed by atoms with van der Waals surface area (Å²) in [7, 11) is -3.70. The maximum Gasteiger partial charge on any atom is 0.269 e. The van der Waals surface area contributed by atoms with Crippen molar-refractivity contribution in [1.29, 1.82) is 0 Å². The molecule has 0 amide bonds. The summed E-state index contributed by atoms with van der Waals surface area (Å²) in [6.45, 7) is 1.51. The lowest BCUT2D eigenvalue weighted by Gasteiger charge is -2.24. The second-order valence-electron chi connectivity index (χ2n) is 5.93. The van der Waals surface area contributed by atoms with E-state index < -0.39 is 48.3 Å².